The summed E-state index contributed by atoms with van der Waals surface area (Å²) in [6, 6.07) is 3.67. The molecule has 0 atom stereocenters. The van der Waals surface area contributed by atoms with Gasteiger partial charge in [-0.3, -0.25) is 0 Å². The fraction of sp³-hybridized carbons (Fsp3) is 0.300. The van der Waals surface area contributed by atoms with Gasteiger partial charge < -0.3 is 10.0 Å². The van der Waals surface area contributed by atoms with Crippen LogP contribution in [-0.2, 0) is 13.0 Å². The van der Waals surface area contributed by atoms with Gasteiger partial charge in [0.2, 0.25) is 0 Å². The first-order chi connectivity index (χ1) is 7.08. The van der Waals surface area contributed by atoms with Crippen molar-refractivity contribution in [3.05, 3.63) is 32.8 Å². The molecule has 0 saturated heterocycles. The smallest absolute Gasteiger partial charge is 0.407 e. The number of rotatable bonds is 0. The van der Waals surface area contributed by atoms with Crippen molar-refractivity contribution in [2.45, 2.75) is 13.0 Å². The molecule has 1 amide bonds. The molecule has 80 valence electrons. The van der Waals surface area contributed by atoms with Crippen LogP contribution in [0.3, 0.4) is 0 Å². The van der Waals surface area contributed by atoms with Crippen molar-refractivity contribution in [1.29, 1.82) is 0 Å². The second kappa shape index (κ2) is 4.02. The molecule has 0 aliphatic carbocycles. The molecule has 1 aliphatic heterocycles. The molecule has 0 spiro atoms. The average Bonchev–Trinajstić information content (AvgIpc) is 2.16. The third kappa shape index (κ3) is 2.11. The van der Waals surface area contributed by atoms with Crippen LogP contribution in [0.1, 0.15) is 11.1 Å². The van der Waals surface area contributed by atoms with Crippen LogP contribution in [0.15, 0.2) is 16.6 Å². The Balaban J connectivity index is 2.37. The summed E-state index contributed by atoms with van der Waals surface area (Å²) >= 11 is 9.35. The molecule has 1 aromatic rings. The summed E-state index contributed by atoms with van der Waals surface area (Å²) in [6.07, 6.45) is -0.143. The third-order valence-corrected chi connectivity index (χ3v) is 3.44. The maximum absolute atomic E-state index is 10.8. The molecule has 3 nitrogen and oxygen atoms in total. The lowest BCUT2D eigenvalue weighted by Crippen LogP contribution is -2.34. The summed E-state index contributed by atoms with van der Waals surface area (Å²) in [6.45, 7) is 0.965. The molecule has 0 bridgehead atoms. The van der Waals surface area contributed by atoms with Gasteiger partial charge in [0.15, 0.2) is 0 Å². The van der Waals surface area contributed by atoms with Crippen LogP contribution in [0, 0.1) is 0 Å². The van der Waals surface area contributed by atoms with E-state index in [4.69, 9.17) is 16.7 Å². The molecule has 0 radical (unpaired) electrons. The molecule has 1 heterocycles. The SMILES string of the molecule is O=C(O)N1CCc2c(Br)cc(Cl)cc2C1. The first-order valence-electron chi connectivity index (χ1n) is 4.52. The predicted molar refractivity (Wildman–Crippen MR) is 61.3 cm³/mol. The fourth-order valence-electron chi connectivity index (χ4n) is 1.77. The maximum atomic E-state index is 10.8. The van der Waals surface area contributed by atoms with E-state index in [9.17, 15) is 4.79 Å². The molecule has 5 heteroatoms. The van der Waals surface area contributed by atoms with E-state index in [1.165, 1.54) is 4.90 Å². The van der Waals surface area contributed by atoms with Gasteiger partial charge in [0.25, 0.3) is 0 Å². The van der Waals surface area contributed by atoms with Crippen molar-refractivity contribution in [2.24, 2.45) is 0 Å². The minimum Gasteiger partial charge on any atom is -0.465 e. The van der Waals surface area contributed by atoms with Crippen molar-refractivity contribution < 1.29 is 9.90 Å². The van der Waals surface area contributed by atoms with Gasteiger partial charge >= 0.3 is 6.09 Å². The average molecular weight is 291 g/mol. The van der Waals surface area contributed by atoms with E-state index in [0.717, 1.165) is 22.0 Å². The van der Waals surface area contributed by atoms with Crippen molar-refractivity contribution >= 4 is 33.6 Å². The van der Waals surface area contributed by atoms with Crippen molar-refractivity contribution in [1.82, 2.24) is 4.90 Å². The maximum Gasteiger partial charge on any atom is 0.407 e. The highest BCUT2D eigenvalue weighted by Gasteiger charge is 2.21. The summed E-state index contributed by atoms with van der Waals surface area (Å²) in [7, 11) is 0. The van der Waals surface area contributed by atoms with E-state index in [1.807, 2.05) is 12.1 Å². The summed E-state index contributed by atoms with van der Waals surface area (Å²) in [5, 5.41) is 9.52. The third-order valence-electron chi connectivity index (χ3n) is 2.52. The van der Waals surface area contributed by atoms with Crippen LogP contribution >= 0.6 is 27.5 Å². The van der Waals surface area contributed by atoms with E-state index in [2.05, 4.69) is 15.9 Å². The minimum absolute atomic E-state index is 0.420. The van der Waals surface area contributed by atoms with E-state index >= 15 is 0 Å². The zero-order valence-corrected chi connectivity index (χ0v) is 10.2. The highest BCUT2D eigenvalue weighted by atomic mass is 79.9. The van der Waals surface area contributed by atoms with Crippen LogP contribution in [0.2, 0.25) is 5.02 Å². The van der Waals surface area contributed by atoms with Gasteiger partial charge in [0.05, 0.1) is 0 Å². The van der Waals surface area contributed by atoms with E-state index in [-0.39, 0.29) is 0 Å². The first kappa shape index (κ1) is 10.8. The second-order valence-corrected chi connectivity index (χ2v) is 4.77. The summed E-state index contributed by atoms with van der Waals surface area (Å²) in [5.74, 6) is 0. The number of hydrogen-bond acceptors (Lipinski definition) is 1. The number of fused-ring (bicyclic) bond motifs is 1. The normalized spacial score (nSPS) is 14.9. The molecule has 1 aromatic carbocycles. The number of nitrogens with zero attached hydrogens (tertiary/aromatic N) is 1. The Kier molecular flexibility index (Phi) is 2.89. The number of halogens is 2. The van der Waals surface area contributed by atoms with Crippen molar-refractivity contribution in [3.63, 3.8) is 0 Å². The van der Waals surface area contributed by atoms with Gasteiger partial charge in [-0.2, -0.15) is 0 Å². The van der Waals surface area contributed by atoms with Crippen LogP contribution in [0.4, 0.5) is 4.79 Å². The number of benzene rings is 1. The Morgan fingerprint density at radius 3 is 2.93 bits per heavy atom. The van der Waals surface area contributed by atoms with Crippen LogP contribution in [-0.4, -0.2) is 22.6 Å². The van der Waals surface area contributed by atoms with Gasteiger partial charge in [-0.05, 0) is 29.7 Å². The lowest BCUT2D eigenvalue weighted by Gasteiger charge is -2.27. The molecule has 15 heavy (non-hydrogen) atoms. The highest BCUT2D eigenvalue weighted by molar-refractivity contribution is 9.10. The number of hydrogen-bond donors (Lipinski definition) is 1. The Morgan fingerprint density at radius 1 is 1.53 bits per heavy atom. The molecule has 1 aliphatic rings. The second-order valence-electron chi connectivity index (χ2n) is 3.48. The highest BCUT2D eigenvalue weighted by Crippen LogP contribution is 2.29. The molecule has 2 rings (SSSR count). The van der Waals surface area contributed by atoms with Gasteiger partial charge in [0.1, 0.15) is 0 Å². The Hall–Kier alpha value is -0.740. The minimum atomic E-state index is -0.878. The van der Waals surface area contributed by atoms with Gasteiger partial charge in [-0.15, -0.1) is 0 Å². The van der Waals surface area contributed by atoms with E-state index in [0.29, 0.717) is 18.1 Å². The zero-order valence-electron chi connectivity index (χ0n) is 7.83. The standard InChI is InChI=1S/C10H9BrClNO2/c11-9-4-7(12)3-6-5-13(10(14)15)2-1-8(6)9/h3-4H,1-2,5H2,(H,14,15). The van der Waals surface area contributed by atoms with Gasteiger partial charge in [-0.1, -0.05) is 27.5 Å². The Bertz CT molecular complexity index is 422. The number of carbonyl (C=O) groups is 1. The van der Waals surface area contributed by atoms with Gasteiger partial charge in [0, 0.05) is 22.6 Å². The van der Waals surface area contributed by atoms with Crippen LogP contribution in [0.25, 0.3) is 0 Å². The van der Waals surface area contributed by atoms with Crippen LogP contribution < -0.4 is 0 Å². The predicted octanol–water partition coefficient (Wildman–Crippen LogP) is 3.14. The molecular formula is C10H9BrClNO2. The quantitative estimate of drug-likeness (QED) is 0.797. The van der Waals surface area contributed by atoms with Crippen LogP contribution in [0.5, 0.6) is 0 Å². The van der Waals surface area contributed by atoms with Crippen molar-refractivity contribution in [2.75, 3.05) is 6.54 Å². The summed E-state index contributed by atoms with van der Waals surface area (Å²) in [4.78, 5) is 12.2. The molecule has 1 N–H and O–H groups in total. The monoisotopic (exact) mass is 289 g/mol. The Labute approximate surface area is 101 Å². The first-order valence-corrected chi connectivity index (χ1v) is 5.69. The molecular weight excluding hydrogens is 281 g/mol. The molecule has 0 unspecified atom stereocenters. The fourth-order valence-corrected chi connectivity index (χ4v) is 2.84. The summed E-state index contributed by atoms with van der Waals surface area (Å²) < 4.78 is 0.968. The number of carboxylic acid groups (broad SMARTS) is 1. The van der Waals surface area contributed by atoms with Gasteiger partial charge in [-0.25, -0.2) is 4.79 Å². The lowest BCUT2D eigenvalue weighted by atomic mass is 10.0. The summed E-state index contributed by atoms with van der Waals surface area (Å²) in [5.41, 5.74) is 2.15. The van der Waals surface area contributed by atoms with E-state index < -0.39 is 6.09 Å². The Morgan fingerprint density at radius 2 is 2.27 bits per heavy atom. The molecule has 0 fully saturated rings. The zero-order chi connectivity index (χ0) is 11.0. The topological polar surface area (TPSA) is 40.5 Å². The van der Waals surface area contributed by atoms with E-state index in [1.54, 1.807) is 0 Å². The molecule has 0 aromatic heterocycles. The lowest BCUT2D eigenvalue weighted by molar-refractivity contribution is 0.140. The van der Waals surface area contributed by atoms with Crippen molar-refractivity contribution in [3.8, 4) is 0 Å². The number of amides is 1. The largest absolute Gasteiger partial charge is 0.465 e. The molecule has 0 saturated carbocycles.